The van der Waals surface area contributed by atoms with Crippen molar-refractivity contribution >= 4 is 35.1 Å². The van der Waals surface area contributed by atoms with Gasteiger partial charge in [0, 0.05) is 28.5 Å². The van der Waals surface area contributed by atoms with E-state index in [1.54, 1.807) is 13.2 Å². The Hall–Kier alpha value is -1.73. The highest BCUT2D eigenvalue weighted by molar-refractivity contribution is 8.01. The molecule has 2 heterocycles. The van der Waals surface area contributed by atoms with Crippen molar-refractivity contribution in [2.75, 3.05) is 18.2 Å². The number of thioether (sulfide) groups is 2. The first-order valence-electron chi connectivity index (χ1n) is 8.63. The highest BCUT2D eigenvalue weighted by Crippen LogP contribution is 2.48. The molecule has 5 nitrogen and oxygen atoms in total. The van der Waals surface area contributed by atoms with E-state index in [0.717, 1.165) is 33.7 Å². The van der Waals surface area contributed by atoms with Gasteiger partial charge >= 0.3 is 0 Å². The second-order valence-electron chi connectivity index (χ2n) is 6.20. The zero-order chi connectivity index (χ0) is 18.7. The average Bonchev–Trinajstić information content (AvgIpc) is 2.94. The van der Waals surface area contributed by atoms with Crippen molar-refractivity contribution in [3.63, 3.8) is 0 Å². The molecule has 0 radical (unpaired) electrons. The van der Waals surface area contributed by atoms with Crippen LogP contribution in [0, 0.1) is 6.92 Å². The van der Waals surface area contributed by atoms with E-state index in [4.69, 9.17) is 4.74 Å². The van der Waals surface area contributed by atoms with E-state index in [2.05, 4.69) is 29.1 Å². The molecule has 1 N–H and O–H groups in total. The van der Waals surface area contributed by atoms with Crippen LogP contribution in [0.3, 0.4) is 0 Å². The number of anilines is 1. The van der Waals surface area contributed by atoms with Crippen LogP contribution < -0.4 is 10.1 Å². The van der Waals surface area contributed by atoms with Crippen molar-refractivity contribution in [3.8, 4) is 5.75 Å². The number of rotatable bonds is 6. The van der Waals surface area contributed by atoms with Crippen LogP contribution in [-0.2, 0) is 4.79 Å². The third kappa shape index (κ3) is 4.15. The summed E-state index contributed by atoms with van der Waals surface area (Å²) in [7, 11) is 1.61. The minimum absolute atomic E-state index is 0.0555. The number of fused-ring (bicyclic) bond motifs is 1. The van der Waals surface area contributed by atoms with Crippen LogP contribution in [0.4, 0.5) is 5.69 Å². The summed E-state index contributed by atoms with van der Waals surface area (Å²) in [6.45, 7) is 6.34. The number of hydrogen-bond acceptors (Lipinski definition) is 6. The highest BCUT2D eigenvalue weighted by atomic mass is 32.2. The van der Waals surface area contributed by atoms with Gasteiger partial charge < -0.3 is 10.1 Å². The van der Waals surface area contributed by atoms with Crippen LogP contribution in [0.15, 0.2) is 34.3 Å². The van der Waals surface area contributed by atoms with Gasteiger partial charge in [0.25, 0.3) is 0 Å². The van der Waals surface area contributed by atoms with Crippen LogP contribution in [0.5, 0.6) is 5.75 Å². The standard InChI is InChI=1S/C19H23N3O2S2/c1-5-15-11(2)26-19-17(15)18(20-12(3)21-19)25-10-16(23)22-13-7-6-8-14(9-13)24-4/h6-9,11,15H,5,10H2,1-4H3,(H,22,23)/t11-,15+/m1/s1. The van der Waals surface area contributed by atoms with Crippen LogP contribution in [0.25, 0.3) is 0 Å². The molecule has 3 rings (SSSR count). The minimum atomic E-state index is -0.0555. The molecule has 138 valence electrons. The molecular weight excluding hydrogens is 366 g/mol. The number of benzene rings is 1. The molecule has 1 aliphatic heterocycles. The molecule has 0 saturated carbocycles. The molecule has 0 aliphatic carbocycles. The molecule has 0 spiro atoms. The quantitative estimate of drug-likeness (QED) is 0.579. The Bertz CT molecular complexity index is 813. The van der Waals surface area contributed by atoms with Gasteiger partial charge in [-0.3, -0.25) is 4.79 Å². The molecule has 0 bridgehead atoms. The maximum Gasteiger partial charge on any atom is 0.234 e. The Morgan fingerprint density at radius 2 is 2.19 bits per heavy atom. The van der Waals surface area contributed by atoms with Gasteiger partial charge in [-0.15, -0.1) is 11.8 Å². The Morgan fingerprint density at radius 1 is 1.38 bits per heavy atom. The van der Waals surface area contributed by atoms with Gasteiger partial charge in [0.05, 0.1) is 12.9 Å². The summed E-state index contributed by atoms with van der Waals surface area (Å²) in [6.07, 6.45) is 1.05. The van der Waals surface area contributed by atoms with E-state index in [0.29, 0.717) is 16.9 Å². The third-order valence-corrected chi connectivity index (χ3v) is 6.58. The maximum absolute atomic E-state index is 12.4. The third-order valence-electron chi connectivity index (χ3n) is 4.36. The first-order valence-corrected chi connectivity index (χ1v) is 10.5. The van der Waals surface area contributed by atoms with Crippen molar-refractivity contribution in [2.45, 2.75) is 48.4 Å². The molecule has 2 aromatic rings. The predicted molar refractivity (Wildman–Crippen MR) is 107 cm³/mol. The molecule has 0 saturated heterocycles. The molecule has 1 amide bonds. The van der Waals surface area contributed by atoms with Crippen LogP contribution in [-0.4, -0.2) is 34.0 Å². The van der Waals surface area contributed by atoms with Crippen molar-refractivity contribution in [1.82, 2.24) is 9.97 Å². The number of aromatic nitrogens is 2. The monoisotopic (exact) mass is 389 g/mol. The lowest BCUT2D eigenvalue weighted by Crippen LogP contribution is -2.15. The number of carbonyl (C=O) groups excluding carboxylic acids is 1. The molecule has 1 aliphatic rings. The van der Waals surface area contributed by atoms with Crippen molar-refractivity contribution in [1.29, 1.82) is 0 Å². The first kappa shape index (κ1) is 19.0. The van der Waals surface area contributed by atoms with Crippen molar-refractivity contribution in [2.24, 2.45) is 0 Å². The van der Waals surface area contributed by atoms with Gasteiger partial charge in [0.15, 0.2) is 0 Å². The summed E-state index contributed by atoms with van der Waals surface area (Å²) < 4.78 is 5.19. The maximum atomic E-state index is 12.4. The SMILES string of the molecule is CC[C@@H]1c2c(SCC(=O)Nc3cccc(OC)c3)nc(C)nc2S[C@@H]1C. The van der Waals surface area contributed by atoms with Crippen LogP contribution in [0.1, 0.15) is 37.6 Å². The molecule has 0 fully saturated rings. The molecule has 1 aromatic heterocycles. The molecule has 7 heteroatoms. The summed E-state index contributed by atoms with van der Waals surface area (Å²) in [6, 6.07) is 7.36. The second-order valence-corrected chi connectivity index (χ2v) is 8.53. The molecule has 2 atom stereocenters. The first-order chi connectivity index (χ1) is 12.5. The lowest BCUT2D eigenvalue weighted by atomic mass is 9.96. The number of nitrogens with zero attached hydrogens (tertiary/aromatic N) is 2. The fraction of sp³-hybridized carbons (Fsp3) is 0.421. The number of ether oxygens (including phenoxy) is 1. The lowest BCUT2D eigenvalue weighted by molar-refractivity contribution is -0.113. The highest BCUT2D eigenvalue weighted by Gasteiger charge is 2.33. The Kier molecular flexibility index (Phi) is 6.09. The average molecular weight is 390 g/mol. The second kappa shape index (κ2) is 8.31. The van der Waals surface area contributed by atoms with E-state index in [-0.39, 0.29) is 5.91 Å². The van der Waals surface area contributed by atoms with Crippen LogP contribution >= 0.6 is 23.5 Å². The Labute approximate surface area is 162 Å². The smallest absolute Gasteiger partial charge is 0.234 e. The molecule has 26 heavy (non-hydrogen) atoms. The summed E-state index contributed by atoms with van der Waals surface area (Å²) in [5, 5.41) is 5.43. The van der Waals surface area contributed by atoms with Gasteiger partial charge in [-0.25, -0.2) is 9.97 Å². The fourth-order valence-corrected chi connectivity index (χ4v) is 5.52. The summed E-state index contributed by atoms with van der Waals surface area (Å²) in [5.41, 5.74) is 1.95. The number of aryl methyl sites for hydroxylation is 1. The number of hydrogen-bond donors (Lipinski definition) is 1. The topological polar surface area (TPSA) is 64.1 Å². The van der Waals surface area contributed by atoms with Crippen molar-refractivity contribution < 1.29 is 9.53 Å². The molecule has 1 aromatic carbocycles. The molecular formula is C19H23N3O2S2. The Balaban J connectivity index is 1.71. The summed E-state index contributed by atoms with van der Waals surface area (Å²) in [4.78, 5) is 21.6. The van der Waals surface area contributed by atoms with E-state index in [9.17, 15) is 4.79 Å². The van der Waals surface area contributed by atoms with Crippen molar-refractivity contribution in [3.05, 3.63) is 35.7 Å². The van der Waals surface area contributed by atoms with Gasteiger partial charge in [0.2, 0.25) is 5.91 Å². The van der Waals surface area contributed by atoms with Gasteiger partial charge in [-0.1, -0.05) is 31.7 Å². The number of amides is 1. The fourth-order valence-electron chi connectivity index (χ4n) is 3.11. The number of methoxy groups -OCH3 is 1. The van der Waals surface area contributed by atoms with Gasteiger partial charge in [-0.2, -0.15) is 0 Å². The van der Waals surface area contributed by atoms with E-state index in [1.165, 1.54) is 17.3 Å². The Morgan fingerprint density at radius 3 is 2.92 bits per heavy atom. The van der Waals surface area contributed by atoms with E-state index in [1.807, 2.05) is 36.9 Å². The summed E-state index contributed by atoms with van der Waals surface area (Å²) >= 11 is 3.30. The normalized spacial score (nSPS) is 18.5. The zero-order valence-corrected chi connectivity index (χ0v) is 17.0. The van der Waals surface area contributed by atoms with E-state index < -0.39 is 0 Å². The number of carbonyl (C=O) groups is 1. The zero-order valence-electron chi connectivity index (χ0n) is 15.4. The lowest BCUT2D eigenvalue weighted by Gasteiger charge is -2.15. The number of nitrogens with one attached hydrogen (secondary N) is 1. The van der Waals surface area contributed by atoms with E-state index >= 15 is 0 Å². The predicted octanol–water partition coefficient (Wildman–Crippen LogP) is 4.51. The van der Waals surface area contributed by atoms with Gasteiger partial charge in [0.1, 0.15) is 21.6 Å². The largest absolute Gasteiger partial charge is 0.497 e. The van der Waals surface area contributed by atoms with Crippen LogP contribution in [0.2, 0.25) is 0 Å². The molecule has 0 unspecified atom stereocenters. The summed E-state index contributed by atoms with van der Waals surface area (Å²) in [5.74, 6) is 2.18. The minimum Gasteiger partial charge on any atom is -0.497 e. The van der Waals surface area contributed by atoms with Gasteiger partial charge in [-0.05, 0) is 25.5 Å².